The quantitative estimate of drug-likeness (QED) is 0.609. The zero-order valence-corrected chi connectivity index (χ0v) is 13.5. The number of aromatic amines is 1. The van der Waals surface area contributed by atoms with Crippen LogP contribution in [0, 0.1) is 0 Å². The average Bonchev–Trinajstić information content (AvgIpc) is 3.21. The van der Waals surface area contributed by atoms with Crippen molar-refractivity contribution >= 4 is 11.0 Å². The molecule has 1 aliphatic heterocycles. The molecule has 0 saturated heterocycles. The minimum atomic E-state index is 0.226. The van der Waals surface area contributed by atoms with Crippen LogP contribution in [-0.4, -0.2) is 26.8 Å². The lowest BCUT2D eigenvalue weighted by Gasteiger charge is -2.24. The Morgan fingerprint density at radius 2 is 1.96 bits per heavy atom. The summed E-state index contributed by atoms with van der Waals surface area (Å²) in [5, 5.41) is 6.86. The van der Waals surface area contributed by atoms with E-state index in [-0.39, 0.29) is 5.92 Å². The molecule has 4 aromatic rings. The Bertz CT molecular complexity index is 1040. The van der Waals surface area contributed by atoms with Gasteiger partial charge in [0.25, 0.3) is 0 Å². The molecular formula is C20H16N4O. The summed E-state index contributed by atoms with van der Waals surface area (Å²) < 4.78 is 5.91. The Morgan fingerprint density at radius 3 is 2.88 bits per heavy atom. The van der Waals surface area contributed by atoms with Crippen LogP contribution in [-0.2, 0) is 6.42 Å². The molecule has 0 radical (unpaired) electrons. The lowest BCUT2D eigenvalue weighted by molar-refractivity contribution is 0.260. The van der Waals surface area contributed by atoms with Crippen molar-refractivity contribution in [2.75, 3.05) is 6.61 Å². The Balaban J connectivity index is 1.52. The van der Waals surface area contributed by atoms with E-state index < -0.39 is 0 Å². The molecule has 2 aromatic heterocycles. The monoisotopic (exact) mass is 328 g/mol. The fourth-order valence-corrected chi connectivity index (χ4v) is 3.33. The second-order valence-electron chi connectivity index (χ2n) is 6.31. The Labute approximate surface area is 144 Å². The molecule has 0 spiro atoms. The molecule has 5 nitrogen and oxygen atoms in total. The summed E-state index contributed by atoms with van der Waals surface area (Å²) >= 11 is 0. The molecule has 0 bridgehead atoms. The van der Waals surface area contributed by atoms with Crippen molar-refractivity contribution in [3.63, 3.8) is 0 Å². The first-order chi connectivity index (χ1) is 12.4. The number of benzene rings is 2. The zero-order chi connectivity index (χ0) is 16.6. The average molecular weight is 328 g/mol. The maximum absolute atomic E-state index is 5.91. The number of nitrogens with one attached hydrogen (secondary N) is 1. The first-order valence-electron chi connectivity index (χ1n) is 8.33. The highest BCUT2D eigenvalue weighted by molar-refractivity contribution is 5.81. The van der Waals surface area contributed by atoms with Gasteiger partial charge in [0.15, 0.2) is 0 Å². The van der Waals surface area contributed by atoms with Gasteiger partial charge in [0.05, 0.1) is 29.5 Å². The standard InChI is InChI=1S/C20H16N4O/c1-2-4-20-14(3-1)7-15(12-25-20)19-11-21-17-6-5-13(8-18(17)24-19)16-9-22-23-10-16/h1-6,8-11,15H,7,12H2,(H,22,23). The van der Waals surface area contributed by atoms with Gasteiger partial charge < -0.3 is 4.74 Å². The van der Waals surface area contributed by atoms with Gasteiger partial charge in [0, 0.05) is 23.9 Å². The summed E-state index contributed by atoms with van der Waals surface area (Å²) in [6.07, 6.45) is 6.49. The van der Waals surface area contributed by atoms with Gasteiger partial charge in [-0.2, -0.15) is 5.10 Å². The fraction of sp³-hybridized carbons (Fsp3) is 0.150. The molecule has 5 rings (SSSR count). The molecule has 0 aliphatic carbocycles. The summed E-state index contributed by atoms with van der Waals surface area (Å²) in [6.45, 7) is 0.638. The second-order valence-corrected chi connectivity index (χ2v) is 6.31. The van der Waals surface area contributed by atoms with Crippen LogP contribution in [0.2, 0.25) is 0 Å². The van der Waals surface area contributed by atoms with Crippen LogP contribution in [0.1, 0.15) is 17.2 Å². The van der Waals surface area contributed by atoms with E-state index in [4.69, 9.17) is 9.72 Å². The predicted octanol–water partition coefficient (Wildman–Crippen LogP) is 3.74. The van der Waals surface area contributed by atoms with Crippen molar-refractivity contribution in [2.24, 2.45) is 0 Å². The van der Waals surface area contributed by atoms with Crippen LogP contribution in [0.15, 0.2) is 61.1 Å². The number of hydrogen-bond donors (Lipinski definition) is 1. The highest BCUT2D eigenvalue weighted by Gasteiger charge is 2.22. The van der Waals surface area contributed by atoms with Crippen LogP contribution in [0.3, 0.4) is 0 Å². The molecule has 0 amide bonds. The third kappa shape index (κ3) is 2.54. The van der Waals surface area contributed by atoms with E-state index >= 15 is 0 Å². The summed E-state index contributed by atoms with van der Waals surface area (Å²) in [5.74, 6) is 1.21. The number of hydrogen-bond acceptors (Lipinski definition) is 4. The third-order valence-electron chi connectivity index (χ3n) is 4.69. The van der Waals surface area contributed by atoms with Crippen LogP contribution < -0.4 is 4.74 Å². The van der Waals surface area contributed by atoms with Crippen molar-refractivity contribution in [3.05, 3.63) is 72.3 Å². The van der Waals surface area contributed by atoms with Crippen LogP contribution in [0.5, 0.6) is 5.75 Å². The number of para-hydroxylation sites is 1. The van der Waals surface area contributed by atoms with E-state index in [0.29, 0.717) is 6.61 Å². The lowest BCUT2D eigenvalue weighted by atomic mass is 9.94. The van der Waals surface area contributed by atoms with Crippen LogP contribution >= 0.6 is 0 Å². The molecule has 122 valence electrons. The molecule has 0 saturated carbocycles. The summed E-state index contributed by atoms with van der Waals surface area (Å²) in [7, 11) is 0. The first kappa shape index (κ1) is 14.2. The van der Waals surface area contributed by atoms with Gasteiger partial charge in [0.2, 0.25) is 0 Å². The fourth-order valence-electron chi connectivity index (χ4n) is 3.33. The van der Waals surface area contributed by atoms with Crippen molar-refractivity contribution < 1.29 is 4.74 Å². The summed E-state index contributed by atoms with van der Waals surface area (Å²) in [6, 6.07) is 14.3. The molecule has 1 unspecified atom stereocenters. The molecule has 1 atom stereocenters. The van der Waals surface area contributed by atoms with E-state index in [2.05, 4.69) is 27.3 Å². The number of rotatable bonds is 2. The van der Waals surface area contributed by atoms with Gasteiger partial charge in [-0.05, 0) is 35.7 Å². The Kier molecular flexibility index (Phi) is 3.23. The van der Waals surface area contributed by atoms with Crippen molar-refractivity contribution in [1.29, 1.82) is 0 Å². The maximum Gasteiger partial charge on any atom is 0.122 e. The summed E-state index contributed by atoms with van der Waals surface area (Å²) in [4.78, 5) is 9.46. The first-order valence-corrected chi connectivity index (χ1v) is 8.33. The van der Waals surface area contributed by atoms with Crippen LogP contribution in [0.4, 0.5) is 0 Å². The Hall–Kier alpha value is -3.21. The van der Waals surface area contributed by atoms with Crippen LogP contribution in [0.25, 0.3) is 22.2 Å². The van der Waals surface area contributed by atoms with Crippen molar-refractivity contribution in [2.45, 2.75) is 12.3 Å². The number of H-pyrrole nitrogens is 1. The van der Waals surface area contributed by atoms with E-state index in [9.17, 15) is 0 Å². The molecule has 2 aromatic carbocycles. The molecule has 25 heavy (non-hydrogen) atoms. The highest BCUT2D eigenvalue weighted by Crippen LogP contribution is 2.32. The molecule has 1 aliphatic rings. The van der Waals surface area contributed by atoms with Gasteiger partial charge in [-0.25, -0.2) is 4.98 Å². The number of aromatic nitrogens is 4. The molecule has 3 heterocycles. The maximum atomic E-state index is 5.91. The largest absolute Gasteiger partial charge is 0.493 e. The summed E-state index contributed by atoms with van der Waals surface area (Å²) in [5.41, 5.74) is 6.13. The van der Waals surface area contributed by atoms with Gasteiger partial charge in [-0.1, -0.05) is 24.3 Å². The molecule has 1 N–H and O–H groups in total. The van der Waals surface area contributed by atoms with Gasteiger partial charge in [-0.3, -0.25) is 10.1 Å². The van der Waals surface area contributed by atoms with Gasteiger partial charge in [-0.15, -0.1) is 0 Å². The minimum Gasteiger partial charge on any atom is -0.493 e. The zero-order valence-electron chi connectivity index (χ0n) is 13.5. The number of ether oxygens (including phenoxy) is 1. The predicted molar refractivity (Wildman–Crippen MR) is 95.5 cm³/mol. The SMILES string of the molecule is c1ccc2c(c1)CC(c1cnc3ccc(-c4cn[nH]c4)cc3n1)CO2. The second kappa shape index (κ2) is 5.70. The Morgan fingerprint density at radius 1 is 1.00 bits per heavy atom. The van der Waals surface area contributed by atoms with E-state index in [1.165, 1.54) is 5.56 Å². The lowest BCUT2D eigenvalue weighted by Crippen LogP contribution is -2.20. The minimum absolute atomic E-state index is 0.226. The molecule has 5 heteroatoms. The number of fused-ring (bicyclic) bond motifs is 2. The van der Waals surface area contributed by atoms with Gasteiger partial charge in [0.1, 0.15) is 5.75 Å². The van der Waals surface area contributed by atoms with Gasteiger partial charge >= 0.3 is 0 Å². The van der Waals surface area contributed by atoms with E-state index in [1.807, 2.05) is 48.9 Å². The molecular weight excluding hydrogens is 312 g/mol. The van der Waals surface area contributed by atoms with Crippen molar-refractivity contribution in [3.8, 4) is 16.9 Å². The van der Waals surface area contributed by atoms with E-state index in [0.717, 1.165) is 40.0 Å². The molecule has 0 fully saturated rings. The highest BCUT2D eigenvalue weighted by atomic mass is 16.5. The van der Waals surface area contributed by atoms with Crippen molar-refractivity contribution in [1.82, 2.24) is 20.2 Å². The smallest absolute Gasteiger partial charge is 0.122 e. The third-order valence-corrected chi connectivity index (χ3v) is 4.69. The normalized spacial score (nSPS) is 16.4. The number of nitrogens with zero attached hydrogens (tertiary/aromatic N) is 3. The van der Waals surface area contributed by atoms with E-state index in [1.54, 1.807) is 0 Å². The topological polar surface area (TPSA) is 63.7 Å².